The first-order valence-electron chi connectivity index (χ1n) is 10.2. The number of hydrogen-bond donors (Lipinski definition) is 1. The van der Waals surface area contributed by atoms with Gasteiger partial charge < -0.3 is 19.5 Å². The van der Waals surface area contributed by atoms with Crippen LogP contribution in [0, 0.1) is 0 Å². The Morgan fingerprint density at radius 2 is 1.94 bits per heavy atom. The molecule has 32 heavy (non-hydrogen) atoms. The van der Waals surface area contributed by atoms with Gasteiger partial charge in [0.25, 0.3) is 5.91 Å². The van der Waals surface area contributed by atoms with E-state index in [1.807, 2.05) is 23.1 Å². The quantitative estimate of drug-likeness (QED) is 0.472. The summed E-state index contributed by atoms with van der Waals surface area (Å²) in [6.45, 7) is 1.28. The molecule has 0 spiro atoms. The fourth-order valence-electron chi connectivity index (χ4n) is 3.91. The maximum Gasteiger partial charge on any atom is 0.335 e. The van der Waals surface area contributed by atoms with Gasteiger partial charge in [0.05, 0.1) is 26.8 Å². The minimum atomic E-state index is -0.957. The Morgan fingerprint density at radius 1 is 1.12 bits per heavy atom. The standard InChI is InChI=1S/C24H20N2O5S/c1-30-18-7-9-26(13-18)23(27)21-12-19-22(32-21)20(6-8-25-19)31-17-5-4-14-10-16(24(28)29)3-2-15(14)11-17/h2-6,8,10-12,18H,7,9,13H2,1H3,(H,28,29). The van der Waals surface area contributed by atoms with Crippen LogP contribution < -0.4 is 4.74 Å². The molecule has 1 aliphatic heterocycles. The average molecular weight is 449 g/mol. The maximum absolute atomic E-state index is 12.9. The molecule has 0 bridgehead atoms. The van der Waals surface area contributed by atoms with Gasteiger partial charge in [0, 0.05) is 32.5 Å². The Kier molecular flexibility index (Phi) is 5.24. The molecule has 1 amide bonds. The zero-order valence-corrected chi connectivity index (χ0v) is 18.1. The highest BCUT2D eigenvalue weighted by Gasteiger charge is 2.28. The Morgan fingerprint density at radius 3 is 2.72 bits per heavy atom. The van der Waals surface area contributed by atoms with E-state index in [1.54, 1.807) is 43.6 Å². The number of pyridine rings is 1. The number of likely N-dealkylation sites (tertiary alicyclic amines) is 1. The third kappa shape index (κ3) is 3.79. The molecule has 1 saturated heterocycles. The number of rotatable bonds is 5. The number of hydrogen-bond acceptors (Lipinski definition) is 6. The molecule has 5 rings (SSSR count). The lowest BCUT2D eigenvalue weighted by atomic mass is 10.1. The van der Waals surface area contributed by atoms with Crippen molar-refractivity contribution in [2.24, 2.45) is 0 Å². The SMILES string of the molecule is COC1CCN(C(=O)c2cc3nccc(Oc4ccc5cc(C(=O)O)ccc5c4)c3s2)C1. The fraction of sp³-hybridized carbons (Fsp3) is 0.208. The number of aromatic carboxylic acids is 1. The highest BCUT2D eigenvalue weighted by Crippen LogP contribution is 2.36. The number of amides is 1. The molecule has 1 unspecified atom stereocenters. The van der Waals surface area contributed by atoms with Crippen molar-refractivity contribution in [3.05, 3.63) is 65.2 Å². The van der Waals surface area contributed by atoms with Crippen molar-refractivity contribution in [1.82, 2.24) is 9.88 Å². The number of carbonyl (C=O) groups is 2. The monoisotopic (exact) mass is 448 g/mol. The first-order valence-corrected chi connectivity index (χ1v) is 11.0. The second-order valence-electron chi connectivity index (χ2n) is 7.66. The summed E-state index contributed by atoms with van der Waals surface area (Å²) in [6.07, 6.45) is 2.59. The molecule has 1 aliphatic rings. The van der Waals surface area contributed by atoms with Crippen LogP contribution in [0.25, 0.3) is 21.0 Å². The van der Waals surface area contributed by atoms with Gasteiger partial charge in [0.15, 0.2) is 0 Å². The molecular formula is C24H20N2O5S. The number of carboxylic acids is 1. The van der Waals surface area contributed by atoms with Gasteiger partial charge in [0.1, 0.15) is 11.5 Å². The molecular weight excluding hydrogens is 428 g/mol. The molecule has 1 N–H and O–H groups in total. The lowest BCUT2D eigenvalue weighted by molar-refractivity contribution is 0.0695. The van der Waals surface area contributed by atoms with Gasteiger partial charge in [-0.05, 0) is 47.5 Å². The molecule has 8 heteroatoms. The molecule has 2 aromatic heterocycles. The Labute approximate surface area is 187 Å². The second-order valence-corrected chi connectivity index (χ2v) is 8.71. The lowest BCUT2D eigenvalue weighted by Crippen LogP contribution is -2.29. The molecule has 0 radical (unpaired) electrons. The molecule has 2 aromatic carbocycles. The van der Waals surface area contributed by atoms with Crippen molar-refractivity contribution in [3.63, 3.8) is 0 Å². The van der Waals surface area contributed by atoms with E-state index in [0.29, 0.717) is 35.0 Å². The largest absolute Gasteiger partial charge is 0.478 e. The Bertz CT molecular complexity index is 1350. The number of aromatic nitrogens is 1. The van der Waals surface area contributed by atoms with Crippen LogP contribution in [0.4, 0.5) is 0 Å². The first kappa shape index (κ1) is 20.4. The van der Waals surface area contributed by atoms with E-state index in [0.717, 1.165) is 21.9 Å². The predicted molar refractivity (Wildman–Crippen MR) is 122 cm³/mol. The number of carboxylic acid groups (broad SMARTS) is 1. The number of methoxy groups -OCH3 is 1. The van der Waals surface area contributed by atoms with Gasteiger partial charge >= 0.3 is 5.97 Å². The summed E-state index contributed by atoms with van der Waals surface area (Å²) in [5.74, 6) is 0.271. The van der Waals surface area contributed by atoms with Crippen molar-refractivity contribution < 1.29 is 24.2 Å². The van der Waals surface area contributed by atoms with Crippen molar-refractivity contribution in [2.75, 3.05) is 20.2 Å². The minimum absolute atomic E-state index is 0.0153. The Balaban J connectivity index is 1.43. The number of ether oxygens (including phenoxy) is 2. The van der Waals surface area contributed by atoms with Crippen LogP contribution in [0.2, 0.25) is 0 Å². The third-order valence-corrected chi connectivity index (χ3v) is 6.77. The molecule has 1 fully saturated rings. The molecule has 3 heterocycles. The maximum atomic E-state index is 12.9. The van der Waals surface area contributed by atoms with Gasteiger partial charge in [-0.1, -0.05) is 12.1 Å². The topological polar surface area (TPSA) is 89.0 Å². The van der Waals surface area contributed by atoms with Crippen LogP contribution in [0.15, 0.2) is 54.7 Å². The highest BCUT2D eigenvalue weighted by atomic mass is 32.1. The molecule has 4 aromatic rings. The zero-order chi connectivity index (χ0) is 22.2. The van der Waals surface area contributed by atoms with E-state index in [4.69, 9.17) is 14.6 Å². The summed E-state index contributed by atoms with van der Waals surface area (Å²) in [4.78, 5) is 31.0. The van der Waals surface area contributed by atoms with Gasteiger partial charge in [-0.15, -0.1) is 11.3 Å². The normalized spacial score (nSPS) is 16.0. The number of fused-ring (bicyclic) bond motifs is 2. The summed E-state index contributed by atoms with van der Waals surface area (Å²) >= 11 is 1.37. The summed E-state index contributed by atoms with van der Waals surface area (Å²) < 4.78 is 12.3. The summed E-state index contributed by atoms with van der Waals surface area (Å²) in [5.41, 5.74) is 0.956. The van der Waals surface area contributed by atoms with Crippen LogP contribution in [0.5, 0.6) is 11.5 Å². The lowest BCUT2D eigenvalue weighted by Gasteiger charge is -2.14. The van der Waals surface area contributed by atoms with Crippen LogP contribution >= 0.6 is 11.3 Å². The van der Waals surface area contributed by atoms with Gasteiger partial charge in [-0.3, -0.25) is 9.78 Å². The van der Waals surface area contributed by atoms with Gasteiger partial charge in [0.2, 0.25) is 0 Å². The Hall–Kier alpha value is -3.49. The smallest absolute Gasteiger partial charge is 0.335 e. The summed E-state index contributed by atoms with van der Waals surface area (Å²) in [7, 11) is 1.67. The third-order valence-electron chi connectivity index (χ3n) is 5.64. The fourth-order valence-corrected chi connectivity index (χ4v) is 4.94. The first-order chi connectivity index (χ1) is 15.5. The second kappa shape index (κ2) is 8.22. The number of carbonyl (C=O) groups excluding carboxylic acids is 1. The summed E-state index contributed by atoms with van der Waals surface area (Å²) in [6, 6.07) is 14.1. The number of nitrogens with zero attached hydrogens (tertiary/aromatic N) is 2. The highest BCUT2D eigenvalue weighted by molar-refractivity contribution is 7.21. The average Bonchev–Trinajstić information content (AvgIpc) is 3.46. The van der Waals surface area contributed by atoms with E-state index in [1.165, 1.54) is 11.3 Å². The van der Waals surface area contributed by atoms with Crippen molar-refractivity contribution >= 4 is 44.2 Å². The van der Waals surface area contributed by atoms with Crippen LogP contribution in [-0.2, 0) is 4.74 Å². The molecule has 0 aliphatic carbocycles. The molecule has 7 nitrogen and oxygen atoms in total. The van der Waals surface area contributed by atoms with Crippen LogP contribution in [0.3, 0.4) is 0 Å². The van der Waals surface area contributed by atoms with Crippen LogP contribution in [-0.4, -0.2) is 53.2 Å². The van der Waals surface area contributed by atoms with Crippen LogP contribution in [0.1, 0.15) is 26.5 Å². The van der Waals surface area contributed by atoms with E-state index < -0.39 is 5.97 Å². The number of benzene rings is 2. The summed E-state index contributed by atoms with van der Waals surface area (Å²) in [5, 5.41) is 10.9. The minimum Gasteiger partial charge on any atom is -0.478 e. The van der Waals surface area contributed by atoms with Crippen molar-refractivity contribution in [3.8, 4) is 11.5 Å². The van der Waals surface area contributed by atoms with E-state index in [9.17, 15) is 9.59 Å². The molecule has 0 saturated carbocycles. The van der Waals surface area contributed by atoms with Crippen molar-refractivity contribution in [1.29, 1.82) is 0 Å². The van der Waals surface area contributed by atoms with Gasteiger partial charge in [-0.2, -0.15) is 0 Å². The van der Waals surface area contributed by atoms with Crippen molar-refractivity contribution in [2.45, 2.75) is 12.5 Å². The van der Waals surface area contributed by atoms with E-state index in [2.05, 4.69) is 4.98 Å². The van der Waals surface area contributed by atoms with Gasteiger partial charge in [-0.25, -0.2) is 4.79 Å². The molecule has 162 valence electrons. The number of thiophene rings is 1. The van der Waals surface area contributed by atoms with E-state index in [-0.39, 0.29) is 17.6 Å². The zero-order valence-electron chi connectivity index (χ0n) is 17.3. The van der Waals surface area contributed by atoms with E-state index >= 15 is 0 Å². The molecule has 1 atom stereocenters. The predicted octanol–water partition coefficient (Wildman–Crippen LogP) is 4.80.